The van der Waals surface area contributed by atoms with E-state index in [1.807, 2.05) is 25.1 Å². The minimum Gasteiger partial charge on any atom is -0.493 e. The van der Waals surface area contributed by atoms with Crippen molar-refractivity contribution in [3.63, 3.8) is 0 Å². The van der Waals surface area contributed by atoms with Crippen molar-refractivity contribution in [2.75, 3.05) is 6.61 Å². The van der Waals surface area contributed by atoms with Gasteiger partial charge in [-0.3, -0.25) is 0 Å². The molecule has 2 heteroatoms. The zero-order chi connectivity index (χ0) is 12.5. The summed E-state index contributed by atoms with van der Waals surface area (Å²) in [5.74, 6) is 0.827. The zero-order valence-electron chi connectivity index (χ0n) is 11.0. The van der Waals surface area contributed by atoms with Crippen LogP contribution in [0.25, 0.3) is 0 Å². The molecular weight excluding hydrogens is 212 g/mol. The standard InChI is InChI=1S/C15H24O2/c1-3-4-5-6-7-10-17-15-9-8-13(2)11-14(15)12-16/h8-9,11,16H,3-7,10,12H2,1-2H3. The van der Waals surface area contributed by atoms with Gasteiger partial charge in [0, 0.05) is 5.56 Å². The molecule has 0 aliphatic heterocycles. The lowest BCUT2D eigenvalue weighted by atomic mass is 10.1. The summed E-state index contributed by atoms with van der Waals surface area (Å²) in [6, 6.07) is 5.95. The van der Waals surface area contributed by atoms with Crippen LogP contribution < -0.4 is 4.74 Å². The fraction of sp³-hybridized carbons (Fsp3) is 0.600. The molecule has 0 spiro atoms. The van der Waals surface area contributed by atoms with E-state index in [2.05, 4.69) is 6.92 Å². The number of unbranched alkanes of at least 4 members (excludes halogenated alkanes) is 4. The van der Waals surface area contributed by atoms with E-state index in [-0.39, 0.29) is 6.61 Å². The summed E-state index contributed by atoms with van der Waals surface area (Å²) in [7, 11) is 0. The fourth-order valence-electron chi connectivity index (χ4n) is 1.86. The first-order valence-electron chi connectivity index (χ1n) is 6.61. The van der Waals surface area contributed by atoms with E-state index in [9.17, 15) is 5.11 Å². The minimum absolute atomic E-state index is 0.0485. The van der Waals surface area contributed by atoms with Crippen LogP contribution >= 0.6 is 0 Å². The molecule has 0 heterocycles. The largest absolute Gasteiger partial charge is 0.493 e. The van der Waals surface area contributed by atoms with Gasteiger partial charge in [-0.1, -0.05) is 50.3 Å². The van der Waals surface area contributed by atoms with Crippen LogP contribution in [0.15, 0.2) is 18.2 Å². The first-order valence-corrected chi connectivity index (χ1v) is 6.61. The Morgan fingerprint density at radius 1 is 1.12 bits per heavy atom. The topological polar surface area (TPSA) is 29.5 Å². The van der Waals surface area contributed by atoms with Crippen molar-refractivity contribution in [1.82, 2.24) is 0 Å². The molecule has 0 aliphatic rings. The molecule has 2 nitrogen and oxygen atoms in total. The van der Waals surface area contributed by atoms with Gasteiger partial charge in [0.05, 0.1) is 13.2 Å². The lowest BCUT2D eigenvalue weighted by molar-refractivity contribution is 0.260. The van der Waals surface area contributed by atoms with E-state index in [0.717, 1.165) is 29.9 Å². The maximum atomic E-state index is 9.24. The summed E-state index contributed by atoms with van der Waals surface area (Å²) >= 11 is 0. The average Bonchev–Trinajstić information content (AvgIpc) is 2.35. The molecule has 0 atom stereocenters. The second-order valence-electron chi connectivity index (χ2n) is 4.53. The molecule has 0 amide bonds. The Morgan fingerprint density at radius 2 is 1.88 bits per heavy atom. The maximum Gasteiger partial charge on any atom is 0.124 e. The number of benzene rings is 1. The molecule has 0 radical (unpaired) electrons. The Kier molecular flexibility index (Phi) is 6.71. The number of ether oxygens (including phenoxy) is 1. The first kappa shape index (κ1) is 14.0. The van der Waals surface area contributed by atoms with Crippen LogP contribution in [0.5, 0.6) is 5.75 Å². The second kappa shape index (κ2) is 8.13. The lowest BCUT2D eigenvalue weighted by Gasteiger charge is -2.10. The summed E-state index contributed by atoms with van der Waals surface area (Å²) in [5, 5.41) is 9.24. The zero-order valence-corrected chi connectivity index (χ0v) is 11.0. The van der Waals surface area contributed by atoms with Gasteiger partial charge in [-0.2, -0.15) is 0 Å². The molecule has 0 unspecified atom stereocenters. The molecule has 1 N–H and O–H groups in total. The van der Waals surface area contributed by atoms with Gasteiger partial charge < -0.3 is 9.84 Å². The summed E-state index contributed by atoms with van der Waals surface area (Å²) in [6.45, 7) is 5.04. The highest BCUT2D eigenvalue weighted by atomic mass is 16.5. The molecule has 0 aromatic heterocycles. The number of aliphatic hydroxyl groups is 1. The van der Waals surface area contributed by atoms with E-state index in [1.165, 1.54) is 25.7 Å². The van der Waals surface area contributed by atoms with Crippen LogP contribution in [-0.4, -0.2) is 11.7 Å². The van der Waals surface area contributed by atoms with Gasteiger partial charge in [0.15, 0.2) is 0 Å². The summed E-state index contributed by atoms with van der Waals surface area (Å²) in [4.78, 5) is 0. The van der Waals surface area contributed by atoms with E-state index in [4.69, 9.17) is 4.74 Å². The van der Waals surface area contributed by atoms with E-state index >= 15 is 0 Å². The lowest BCUT2D eigenvalue weighted by Crippen LogP contribution is -2.00. The Hall–Kier alpha value is -1.02. The smallest absolute Gasteiger partial charge is 0.124 e. The Bertz CT molecular complexity index is 321. The molecule has 96 valence electrons. The SMILES string of the molecule is CCCCCCCOc1ccc(C)cc1CO. The highest BCUT2D eigenvalue weighted by Gasteiger charge is 2.02. The van der Waals surface area contributed by atoms with Crippen LogP contribution in [0.3, 0.4) is 0 Å². The van der Waals surface area contributed by atoms with Crippen LogP contribution in [0, 0.1) is 6.92 Å². The third-order valence-electron chi connectivity index (χ3n) is 2.89. The molecule has 0 saturated carbocycles. The third-order valence-corrected chi connectivity index (χ3v) is 2.89. The first-order chi connectivity index (χ1) is 8.27. The molecule has 1 aromatic rings. The number of hydrogen-bond acceptors (Lipinski definition) is 2. The van der Waals surface area contributed by atoms with Crippen molar-refractivity contribution in [1.29, 1.82) is 0 Å². The second-order valence-corrected chi connectivity index (χ2v) is 4.53. The Labute approximate surface area is 105 Å². The van der Waals surface area contributed by atoms with Gasteiger partial charge >= 0.3 is 0 Å². The number of rotatable bonds is 8. The molecule has 1 rings (SSSR count). The Balaban J connectivity index is 2.31. The normalized spacial score (nSPS) is 10.5. The van der Waals surface area contributed by atoms with Crippen molar-refractivity contribution >= 4 is 0 Å². The molecule has 0 bridgehead atoms. The van der Waals surface area contributed by atoms with Crippen molar-refractivity contribution in [3.05, 3.63) is 29.3 Å². The van der Waals surface area contributed by atoms with Gasteiger partial charge in [-0.05, 0) is 19.4 Å². The summed E-state index contributed by atoms with van der Waals surface area (Å²) in [6.07, 6.45) is 6.20. The van der Waals surface area contributed by atoms with Gasteiger partial charge in [0.2, 0.25) is 0 Å². The predicted molar refractivity (Wildman–Crippen MR) is 71.4 cm³/mol. The fourth-order valence-corrected chi connectivity index (χ4v) is 1.86. The number of hydrogen-bond donors (Lipinski definition) is 1. The molecule has 17 heavy (non-hydrogen) atoms. The number of aliphatic hydroxyl groups excluding tert-OH is 1. The van der Waals surface area contributed by atoms with Crippen molar-refractivity contribution in [2.24, 2.45) is 0 Å². The number of aryl methyl sites for hydroxylation is 1. The van der Waals surface area contributed by atoms with Crippen molar-refractivity contribution in [2.45, 2.75) is 52.6 Å². The maximum absolute atomic E-state index is 9.24. The van der Waals surface area contributed by atoms with Crippen molar-refractivity contribution in [3.8, 4) is 5.75 Å². The van der Waals surface area contributed by atoms with Crippen LogP contribution in [0.2, 0.25) is 0 Å². The van der Waals surface area contributed by atoms with E-state index in [0.29, 0.717) is 0 Å². The molecular formula is C15H24O2. The molecule has 0 aliphatic carbocycles. The highest BCUT2D eigenvalue weighted by Crippen LogP contribution is 2.20. The molecule has 1 aromatic carbocycles. The Morgan fingerprint density at radius 3 is 2.59 bits per heavy atom. The predicted octanol–water partition coefficient (Wildman–Crippen LogP) is 3.84. The molecule has 0 fully saturated rings. The monoisotopic (exact) mass is 236 g/mol. The summed E-state index contributed by atoms with van der Waals surface area (Å²) < 4.78 is 5.70. The summed E-state index contributed by atoms with van der Waals surface area (Å²) in [5.41, 5.74) is 2.04. The third kappa shape index (κ3) is 5.22. The minimum atomic E-state index is 0.0485. The van der Waals surface area contributed by atoms with Crippen molar-refractivity contribution < 1.29 is 9.84 Å². The van der Waals surface area contributed by atoms with Crippen LogP contribution in [-0.2, 0) is 6.61 Å². The highest BCUT2D eigenvalue weighted by molar-refractivity contribution is 5.36. The quantitative estimate of drug-likeness (QED) is 0.695. The van der Waals surface area contributed by atoms with Gasteiger partial charge in [0.25, 0.3) is 0 Å². The van der Waals surface area contributed by atoms with Gasteiger partial charge in [-0.25, -0.2) is 0 Å². The van der Waals surface area contributed by atoms with Crippen LogP contribution in [0.4, 0.5) is 0 Å². The van der Waals surface area contributed by atoms with E-state index < -0.39 is 0 Å². The van der Waals surface area contributed by atoms with Gasteiger partial charge in [0.1, 0.15) is 5.75 Å². The van der Waals surface area contributed by atoms with Crippen LogP contribution in [0.1, 0.15) is 50.2 Å². The van der Waals surface area contributed by atoms with Gasteiger partial charge in [-0.15, -0.1) is 0 Å². The molecule has 0 saturated heterocycles. The van der Waals surface area contributed by atoms with E-state index in [1.54, 1.807) is 0 Å². The average molecular weight is 236 g/mol.